The predicted octanol–water partition coefficient (Wildman–Crippen LogP) is 4.16. The first-order chi connectivity index (χ1) is 10.9. The van der Waals surface area contributed by atoms with Crippen molar-refractivity contribution in [2.75, 3.05) is 0 Å². The van der Waals surface area contributed by atoms with Crippen LogP contribution in [0.5, 0.6) is 0 Å². The number of nitrogens with one attached hydrogen (secondary N) is 1. The van der Waals surface area contributed by atoms with Crippen LogP contribution in [0.3, 0.4) is 0 Å². The molecule has 0 aliphatic carbocycles. The van der Waals surface area contributed by atoms with Crippen LogP contribution in [0.2, 0.25) is 0 Å². The van der Waals surface area contributed by atoms with Gasteiger partial charge in [0.25, 0.3) is 5.91 Å². The highest BCUT2D eigenvalue weighted by molar-refractivity contribution is 5.95. The molecule has 0 fully saturated rings. The normalized spacial score (nSPS) is 12.0. The first-order valence-corrected chi connectivity index (χ1v) is 7.37. The second kappa shape index (κ2) is 7.31. The van der Waals surface area contributed by atoms with E-state index < -0.39 is 17.5 Å². The molecule has 122 valence electrons. The molecule has 0 bridgehead atoms. The van der Waals surface area contributed by atoms with Gasteiger partial charge in [-0.15, -0.1) is 0 Å². The molecule has 2 nitrogen and oxygen atoms in total. The van der Waals surface area contributed by atoms with Gasteiger partial charge in [0.2, 0.25) is 0 Å². The maximum absolute atomic E-state index is 13.2. The van der Waals surface area contributed by atoms with Crippen LogP contribution in [0.4, 0.5) is 13.2 Å². The average molecular weight is 321 g/mol. The minimum absolute atomic E-state index is 0.182. The molecule has 2 aromatic rings. The van der Waals surface area contributed by atoms with E-state index in [1.54, 1.807) is 13.0 Å². The quantitative estimate of drug-likeness (QED) is 0.880. The molecule has 1 atom stereocenters. The summed E-state index contributed by atoms with van der Waals surface area (Å²) in [6.45, 7) is 3.55. The van der Waals surface area contributed by atoms with E-state index in [0.29, 0.717) is 29.5 Å². The highest BCUT2D eigenvalue weighted by Gasteiger charge is 2.13. The van der Waals surface area contributed by atoms with Crippen molar-refractivity contribution in [3.63, 3.8) is 0 Å². The van der Waals surface area contributed by atoms with Crippen LogP contribution in [0.15, 0.2) is 36.4 Å². The van der Waals surface area contributed by atoms with Crippen molar-refractivity contribution in [1.82, 2.24) is 5.32 Å². The van der Waals surface area contributed by atoms with E-state index in [-0.39, 0.29) is 11.9 Å². The molecule has 2 rings (SSSR count). The standard InChI is InChI=1S/C18H18F3NO/c1-11-3-7-14(19)10-15(11)18(23)22-12(2)4-5-13-6-8-16(20)17(21)9-13/h3,6-10,12H,4-5H2,1-2H3,(H,22,23). The van der Waals surface area contributed by atoms with E-state index in [1.807, 2.05) is 6.92 Å². The molecular formula is C18H18F3NO. The fourth-order valence-corrected chi connectivity index (χ4v) is 2.29. The van der Waals surface area contributed by atoms with E-state index >= 15 is 0 Å². The van der Waals surface area contributed by atoms with Gasteiger partial charge in [0.05, 0.1) is 0 Å². The van der Waals surface area contributed by atoms with Crippen LogP contribution in [0, 0.1) is 24.4 Å². The summed E-state index contributed by atoms with van der Waals surface area (Å²) in [6, 6.07) is 7.63. The maximum Gasteiger partial charge on any atom is 0.251 e. The first kappa shape index (κ1) is 17.1. The molecular weight excluding hydrogens is 303 g/mol. The Labute approximate surface area is 133 Å². The van der Waals surface area contributed by atoms with Crippen molar-refractivity contribution in [2.24, 2.45) is 0 Å². The Kier molecular flexibility index (Phi) is 5.42. The van der Waals surface area contributed by atoms with E-state index in [4.69, 9.17) is 0 Å². The molecule has 0 saturated heterocycles. The summed E-state index contributed by atoms with van der Waals surface area (Å²) in [6.07, 6.45) is 1.06. The summed E-state index contributed by atoms with van der Waals surface area (Å²) < 4.78 is 39.2. The third-order valence-corrected chi connectivity index (χ3v) is 3.67. The summed E-state index contributed by atoms with van der Waals surface area (Å²) in [7, 11) is 0. The van der Waals surface area contributed by atoms with Crippen LogP contribution in [-0.2, 0) is 6.42 Å². The topological polar surface area (TPSA) is 29.1 Å². The molecule has 0 aliphatic heterocycles. The third-order valence-electron chi connectivity index (χ3n) is 3.67. The number of carbonyl (C=O) groups is 1. The van der Waals surface area contributed by atoms with Crippen molar-refractivity contribution < 1.29 is 18.0 Å². The van der Waals surface area contributed by atoms with Crippen molar-refractivity contribution in [3.8, 4) is 0 Å². The van der Waals surface area contributed by atoms with E-state index in [0.717, 1.165) is 12.1 Å². The Balaban J connectivity index is 1.93. The summed E-state index contributed by atoms with van der Waals surface area (Å²) in [5, 5.41) is 2.79. The molecule has 0 heterocycles. The fourth-order valence-electron chi connectivity index (χ4n) is 2.29. The SMILES string of the molecule is Cc1ccc(F)cc1C(=O)NC(C)CCc1ccc(F)c(F)c1. The highest BCUT2D eigenvalue weighted by Crippen LogP contribution is 2.13. The molecule has 2 aromatic carbocycles. The maximum atomic E-state index is 13.2. The van der Waals surface area contributed by atoms with Crippen molar-refractivity contribution in [3.05, 3.63) is 70.5 Å². The largest absolute Gasteiger partial charge is 0.350 e. The lowest BCUT2D eigenvalue weighted by Crippen LogP contribution is -2.33. The number of rotatable bonds is 5. The van der Waals surface area contributed by atoms with Crippen LogP contribution in [0.1, 0.15) is 34.8 Å². The lowest BCUT2D eigenvalue weighted by molar-refractivity contribution is 0.0937. The number of hydrogen-bond donors (Lipinski definition) is 1. The van der Waals surface area contributed by atoms with Gasteiger partial charge in [-0.2, -0.15) is 0 Å². The predicted molar refractivity (Wildman–Crippen MR) is 82.7 cm³/mol. The number of amides is 1. The Morgan fingerprint density at radius 2 is 1.83 bits per heavy atom. The minimum Gasteiger partial charge on any atom is -0.350 e. The Bertz CT molecular complexity index is 715. The van der Waals surface area contributed by atoms with E-state index in [1.165, 1.54) is 18.2 Å². The monoisotopic (exact) mass is 321 g/mol. The highest BCUT2D eigenvalue weighted by atomic mass is 19.2. The van der Waals surface area contributed by atoms with Gasteiger partial charge >= 0.3 is 0 Å². The number of aryl methyl sites for hydroxylation is 2. The number of carbonyl (C=O) groups excluding carboxylic acids is 1. The average Bonchev–Trinajstić information content (AvgIpc) is 2.50. The molecule has 1 amide bonds. The van der Waals surface area contributed by atoms with Gasteiger partial charge in [0.15, 0.2) is 11.6 Å². The molecule has 0 spiro atoms. The lowest BCUT2D eigenvalue weighted by Gasteiger charge is -2.15. The Morgan fingerprint density at radius 1 is 1.09 bits per heavy atom. The second-order valence-electron chi connectivity index (χ2n) is 5.62. The Morgan fingerprint density at radius 3 is 2.52 bits per heavy atom. The Hall–Kier alpha value is -2.30. The van der Waals surface area contributed by atoms with Crippen LogP contribution < -0.4 is 5.32 Å². The zero-order chi connectivity index (χ0) is 17.0. The van der Waals surface area contributed by atoms with Gasteiger partial charge in [-0.25, -0.2) is 13.2 Å². The van der Waals surface area contributed by atoms with E-state index in [2.05, 4.69) is 5.32 Å². The molecule has 23 heavy (non-hydrogen) atoms. The van der Waals surface area contributed by atoms with Gasteiger partial charge < -0.3 is 5.32 Å². The second-order valence-corrected chi connectivity index (χ2v) is 5.62. The first-order valence-electron chi connectivity index (χ1n) is 7.37. The summed E-state index contributed by atoms with van der Waals surface area (Å²) >= 11 is 0. The van der Waals surface area contributed by atoms with Crippen LogP contribution >= 0.6 is 0 Å². The number of hydrogen-bond acceptors (Lipinski definition) is 1. The molecule has 0 aromatic heterocycles. The zero-order valence-corrected chi connectivity index (χ0v) is 13.0. The third kappa shape index (κ3) is 4.58. The van der Waals surface area contributed by atoms with Crippen molar-refractivity contribution in [2.45, 2.75) is 32.7 Å². The molecule has 5 heteroatoms. The molecule has 0 saturated carbocycles. The smallest absolute Gasteiger partial charge is 0.251 e. The van der Waals surface area contributed by atoms with Gasteiger partial charge in [0, 0.05) is 11.6 Å². The van der Waals surface area contributed by atoms with Crippen molar-refractivity contribution in [1.29, 1.82) is 0 Å². The minimum atomic E-state index is -0.880. The van der Waals surface area contributed by atoms with E-state index in [9.17, 15) is 18.0 Å². The summed E-state index contributed by atoms with van der Waals surface area (Å²) in [4.78, 5) is 12.2. The summed E-state index contributed by atoms with van der Waals surface area (Å²) in [5.74, 6) is -2.57. The van der Waals surface area contributed by atoms with Gasteiger partial charge in [-0.05, 0) is 62.1 Å². The summed E-state index contributed by atoms with van der Waals surface area (Å²) in [5.41, 5.74) is 1.65. The number of halogens is 3. The lowest BCUT2D eigenvalue weighted by atomic mass is 10.0. The molecule has 1 N–H and O–H groups in total. The van der Waals surface area contributed by atoms with Crippen LogP contribution in [0.25, 0.3) is 0 Å². The van der Waals surface area contributed by atoms with Gasteiger partial charge in [-0.3, -0.25) is 4.79 Å². The van der Waals surface area contributed by atoms with Gasteiger partial charge in [-0.1, -0.05) is 12.1 Å². The molecule has 1 unspecified atom stereocenters. The number of benzene rings is 2. The molecule has 0 radical (unpaired) electrons. The fraction of sp³-hybridized carbons (Fsp3) is 0.278. The van der Waals surface area contributed by atoms with Crippen LogP contribution in [-0.4, -0.2) is 11.9 Å². The molecule has 0 aliphatic rings. The van der Waals surface area contributed by atoms with Crippen molar-refractivity contribution >= 4 is 5.91 Å². The zero-order valence-electron chi connectivity index (χ0n) is 13.0. The van der Waals surface area contributed by atoms with Gasteiger partial charge in [0.1, 0.15) is 5.82 Å².